The standard InChI is InChI=1S/C39H56N12O7S.4CO2/c1-21(35(56)49-29(7-5-15-43-38(40)41)31(54)18-22(2)34(55)47-24(4)30(53)8-6-16-59)17-28(52)14-9-23(3)46-36(57)25-10-12-26(13-11-25)44-19-27-20-45-33-32(48-27)37(58)51-39(42)50-33;4*2-1-3/h10-13,20-24,29,44,59H,5-9,14-19H2,1-4H3,(H,46,57)(H,47,55)(H,49,56)(H4,40,41,43)(H3,42,45,50,51,58);;;;/t21-,22-,23-,24+,29+;;;;/m0..../s1. The summed E-state index contributed by atoms with van der Waals surface area (Å²) >= 11 is 4.11. The van der Waals surface area contributed by atoms with Crippen molar-refractivity contribution in [2.45, 2.75) is 104 Å². The van der Waals surface area contributed by atoms with E-state index in [9.17, 15) is 33.6 Å². The number of Topliss-reactive ketones (excluding diaryl/α,β-unsaturated/α-hetero) is 3. The molecule has 2 aromatic heterocycles. The number of hydrogen-bond donors (Lipinski definition) is 9. The van der Waals surface area contributed by atoms with Gasteiger partial charge in [-0.05, 0) is 69.5 Å². The monoisotopic (exact) mass is 1010 g/mol. The van der Waals surface area contributed by atoms with Crippen molar-refractivity contribution in [3.05, 3.63) is 52.1 Å². The van der Waals surface area contributed by atoms with E-state index < -0.39 is 41.3 Å². The van der Waals surface area contributed by atoms with Crippen LogP contribution in [0.25, 0.3) is 11.2 Å². The zero-order valence-corrected chi connectivity index (χ0v) is 40.0. The summed E-state index contributed by atoms with van der Waals surface area (Å²) in [6, 6.07) is 4.70. The van der Waals surface area contributed by atoms with Gasteiger partial charge in [0.05, 0.1) is 30.5 Å². The minimum atomic E-state index is -0.955. The highest BCUT2D eigenvalue weighted by Crippen LogP contribution is 2.15. The van der Waals surface area contributed by atoms with E-state index in [0.29, 0.717) is 42.0 Å². The number of anilines is 2. The molecule has 1 aromatic carbocycles. The average Bonchev–Trinajstić information content (AvgIpc) is 3.31. The fourth-order valence-electron chi connectivity index (χ4n) is 5.86. The average molecular weight is 1010 g/mol. The molecule has 71 heavy (non-hydrogen) atoms. The highest BCUT2D eigenvalue weighted by atomic mass is 32.1. The number of carbonyl (C=O) groups excluding carboxylic acids is 14. The van der Waals surface area contributed by atoms with Crippen LogP contribution in [0.1, 0.15) is 95.1 Å². The number of amides is 3. The molecule has 0 spiro atoms. The molecule has 0 aliphatic heterocycles. The number of aliphatic imine (C=N–C) groups is 1. The number of guanidine groups is 1. The number of benzene rings is 1. The van der Waals surface area contributed by atoms with Crippen molar-refractivity contribution < 1.29 is 67.1 Å². The predicted molar refractivity (Wildman–Crippen MR) is 247 cm³/mol. The van der Waals surface area contributed by atoms with Crippen molar-refractivity contribution in [1.29, 1.82) is 0 Å². The van der Waals surface area contributed by atoms with E-state index in [0.717, 1.165) is 0 Å². The Balaban J connectivity index is 0. The van der Waals surface area contributed by atoms with E-state index in [4.69, 9.17) is 55.6 Å². The van der Waals surface area contributed by atoms with Crippen LogP contribution in [-0.4, -0.2) is 116 Å². The van der Waals surface area contributed by atoms with Crippen molar-refractivity contribution >= 4 is 101 Å². The van der Waals surface area contributed by atoms with Gasteiger partial charge in [0.25, 0.3) is 11.5 Å². The third-order valence-electron chi connectivity index (χ3n) is 9.35. The number of fused-ring (bicyclic) bond motifs is 1. The summed E-state index contributed by atoms with van der Waals surface area (Å²) in [7, 11) is 0. The molecule has 0 saturated carbocycles. The van der Waals surface area contributed by atoms with E-state index in [1.54, 1.807) is 52.0 Å². The quantitative estimate of drug-likeness (QED) is 0.0212. The number of ketones is 3. The maximum absolute atomic E-state index is 13.4. The highest BCUT2D eigenvalue weighted by Gasteiger charge is 2.28. The number of nitrogen functional groups attached to an aromatic ring is 1. The lowest BCUT2D eigenvalue weighted by atomic mass is 9.94. The minimum absolute atomic E-state index is 0.0489. The summed E-state index contributed by atoms with van der Waals surface area (Å²) in [5.74, 6) is -3.13. The number of thiol groups is 1. The van der Waals surface area contributed by atoms with Gasteiger partial charge in [-0.25, -0.2) is 9.97 Å². The number of hydrogen-bond acceptors (Lipinski definition) is 22. The van der Waals surface area contributed by atoms with Gasteiger partial charge >= 0.3 is 24.6 Å². The normalized spacial score (nSPS) is 11.7. The molecular formula is C43H56N12O15S. The first-order chi connectivity index (χ1) is 33.6. The third kappa shape index (κ3) is 28.5. The topological polar surface area (TPSA) is 449 Å². The number of aromatic amines is 1. The van der Waals surface area contributed by atoms with Crippen LogP contribution >= 0.6 is 12.6 Å². The molecule has 0 radical (unpaired) electrons. The van der Waals surface area contributed by atoms with Crippen molar-refractivity contribution in [2.24, 2.45) is 28.3 Å². The molecule has 3 rings (SSSR count). The lowest BCUT2D eigenvalue weighted by Crippen LogP contribution is -2.46. The summed E-state index contributed by atoms with van der Waals surface area (Å²) in [5, 5.41) is 11.4. The number of carbonyl (C=O) groups is 6. The molecule has 0 bridgehead atoms. The second-order valence-electron chi connectivity index (χ2n) is 14.9. The van der Waals surface area contributed by atoms with Gasteiger partial charge in [-0.3, -0.25) is 43.5 Å². The van der Waals surface area contributed by atoms with Crippen LogP contribution in [0.3, 0.4) is 0 Å². The predicted octanol–water partition coefficient (Wildman–Crippen LogP) is -1.02. The first kappa shape index (κ1) is 64.7. The summed E-state index contributed by atoms with van der Waals surface area (Å²) in [6.45, 7) is 7.00. The Labute approximate surface area is 410 Å². The molecule has 5 atom stereocenters. The first-order valence-electron chi connectivity index (χ1n) is 21.1. The van der Waals surface area contributed by atoms with Crippen molar-refractivity contribution in [1.82, 2.24) is 35.9 Å². The minimum Gasteiger partial charge on any atom is -0.379 e. The lowest BCUT2D eigenvalue weighted by molar-refractivity contribution is -0.193. The maximum Gasteiger partial charge on any atom is 0.373 e. The van der Waals surface area contributed by atoms with Crippen LogP contribution < -0.4 is 44.0 Å². The summed E-state index contributed by atoms with van der Waals surface area (Å²) < 4.78 is 0. The summed E-state index contributed by atoms with van der Waals surface area (Å²) in [5.41, 5.74) is 17.7. The van der Waals surface area contributed by atoms with Gasteiger partial charge in [0, 0.05) is 61.4 Å². The maximum atomic E-state index is 13.4. The molecule has 0 aliphatic carbocycles. The van der Waals surface area contributed by atoms with Gasteiger partial charge in [-0.1, -0.05) is 13.8 Å². The Morgan fingerprint density at radius 3 is 1.87 bits per heavy atom. The molecule has 28 heteroatoms. The lowest BCUT2D eigenvalue weighted by Gasteiger charge is -2.22. The Kier molecular flexibility index (Phi) is 34.2. The Hall–Kier alpha value is -8.40. The van der Waals surface area contributed by atoms with Crippen LogP contribution in [0.4, 0.5) is 11.6 Å². The highest BCUT2D eigenvalue weighted by molar-refractivity contribution is 7.80. The SMILES string of the molecule is C[C@@H](CCC(=O)C[C@H](C)C(=O)N[C@H](CCCN=C(N)N)C(=O)C[C@H](C)C(=O)N[C@H](C)C(=O)CCCS)NC(=O)c1ccc(NCc2cnc3nc(N)[nH]c(=O)c3n2)cc1.O=C=O.O=C=O.O=C=O.O=C=O. The molecule has 27 nitrogen and oxygen atoms in total. The van der Waals surface area contributed by atoms with E-state index >= 15 is 0 Å². The molecule has 11 N–H and O–H groups in total. The molecule has 2 heterocycles. The van der Waals surface area contributed by atoms with Crippen LogP contribution in [-0.2, 0) is 68.9 Å². The summed E-state index contributed by atoms with van der Waals surface area (Å²) in [6.07, 6.45) is 4.09. The second kappa shape index (κ2) is 37.6. The largest absolute Gasteiger partial charge is 0.379 e. The third-order valence-corrected chi connectivity index (χ3v) is 9.67. The Morgan fingerprint density at radius 1 is 0.746 bits per heavy atom. The van der Waals surface area contributed by atoms with E-state index in [2.05, 4.69) is 58.8 Å². The van der Waals surface area contributed by atoms with Crippen molar-refractivity contribution in [2.75, 3.05) is 23.3 Å². The van der Waals surface area contributed by atoms with Crippen LogP contribution in [0.15, 0.2) is 40.2 Å². The van der Waals surface area contributed by atoms with Gasteiger partial charge in [0.1, 0.15) is 5.78 Å². The van der Waals surface area contributed by atoms with Crippen LogP contribution in [0.2, 0.25) is 0 Å². The molecule has 0 aliphatic rings. The second-order valence-corrected chi connectivity index (χ2v) is 15.4. The molecule has 384 valence electrons. The van der Waals surface area contributed by atoms with E-state index in [1.807, 2.05) is 0 Å². The van der Waals surface area contributed by atoms with Crippen molar-refractivity contribution in [3.63, 3.8) is 0 Å². The van der Waals surface area contributed by atoms with Gasteiger partial charge in [-0.15, -0.1) is 0 Å². The molecule has 3 amide bonds. The van der Waals surface area contributed by atoms with Gasteiger partial charge in [-0.2, -0.15) is 56.0 Å². The number of H-pyrrole nitrogens is 1. The zero-order valence-electron chi connectivity index (χ0n) is 39.1. The Morgan fingerprint density at radius 2 is 1.31 bits per heavy atom. The number of aromatic nitrogens is 4. The van der Waals surface area contributed by atoms with Gasteiger partial charge in [0.15, 0.2) is 28.7 Å². The fraction of sp³-hybridized carbons (Fsp3) is 0.465. The first-order valence-corrected chi connectivity index (χ1v) is 21.7. The molecule has 0 saturated heterocycles. The zero-order chi connectivity index (χ0) is 54.5. The molecule has 0 unspecified atom stereocenters. The van der Waals surface area contributed by atoms with Gasteiger partial charge in [0.2, 0.25) is 17.8 Å². The number of rotatable bonds is 25. The number of nitrogens with one attached hydrogen (secondary N) is 5. The number of nitrogens with zero attached hydrogens (tertiary/aromatic N) is 4. The molecular weight excluding hydrogens is 957 g/mol. The van der Waals surface area contributed by atoms with Crippen LogP contribution in [0, 0.1) is 11.8 Å². The molecule has 3 aromatic rings. The van der Waals surface area contributed by atoms with Crippen LogP contribution in [0.5, 0.6) is 0 Å². The van der Waals surface area contributed by atoms with Crippen molar-refractivity contribution in [3.8, 4) is 0 Å². The van der Waals surface area contributed by atoms with E-state index in [-0.39, 0.29) is 122 Å². The van der Waals surface area contributed by atoms with Gasteiger partial charge < -0.3 is 38.5 Å². The molecule has 0 fully saturated rings. The number of nitrogens with two attached hydrogens (primary N) is 3. The van der Waals surface area contributed by atoms with E-state index in [1.165, 1.54) is 6.20 Å². The Bertz CT molecular complexity index is 2390. The smallest absolute Gasteiger partial charge is 0.373 e. The fourth-order valence-corrected chi connectivity index (χ4v) is 6.01. The summed E-state index contributed by atoms with van der Waals surface area (Å²) in [4.78, 5) is 173.